The number of carbonyl (C=O) groups excluding carboxylic acids is 2. The summed E-state index contributed by atoms with van der Waals surface area (Å²) in [5.74, 6) is 0.258. The van der Waals surface area contributed by atoms with Gasteiger partial charge in [0.25, 0.3) is 11.8 Å². The highest BCUT2D eigenvalue weighted by atomic mass is 79.9. The Labute approximate surface area is 153 Å². The van der Waals surface area contributed by atoms with E-state index in [1.54, 1.807) is 60.9 Å². The Morgan fingerprint density at radius 1 is 0.920 bits per heavy atom. The molecule has 0 fully saturated rings. The Balaban J connectivity index is 1.61. The minimum absolute atomic E-state index is 0.208. The first-order chi connectivity index (χ1) is 12.1. The van der Waals surface area contributed by atoms with Crippen molar-refractivity contribution in [2.75, 3.05) is 5.32 Å². The van der Waals surface area contributed by atoms with Crippen molar-refractivity contribution in [2.45, 2.75) is 6.54 Å². The topological polar surface area (TPSA) is 71.3 Å². The molecule has 0 aliphatic heterocycles. The number of halogens is 1. The molecule has 2 aromatic carbocycles. The zero-order valence-electron chi connectivity index (χ0n) is 13.2. The van der Waals surface area contributed by atoms with Gasteiger partial charge in [0.1, 0.15) is 5.76 Å². The van der Waals surface area contributed by atoms with Crippen LogP contribution in [-0.4, -0.2) is 11.8 Å². The van der Waals surface area contributed by atoms with Crippen LogP contribution in [0.5, 0.6) is 0 Å². The third-order valence-corrected chi connectivity index (χ3v) is 4.22. The Hall–Kier alpha value is -2.86. The lowest BCUT2D eigenvalue weighted by molar-refractivity contribution is 0.0947. The highest BCUT2D eigenvalue weighted by Gasteiger charge is 2.10. The fourth-order valence-electron chi connectivity index (χ4n) is 2.23. The minimum atomic E-state index is -0.220. The zero-order valence-corrected chi connectivity index (χ0v) is 14.7. The molecule has 2 amide bonds. The van der Waals surface area contributed by atoms with E-state index in [4.69, 9.17) is 4.42 Å². The van der Waals surface area contributed by atoms with Gasteiger partial charge in [0.05, 0.1) is 18.4 Å². The van der Waals surface area contributed by atoms with Crippen LogP contribution in [0.4, 0.5) is 5.69 Å². The van der Waals surface area contributed by atoms with Gasteiger partial charge in [-0.15, -0.1) is 0 Å². The lowest BCUT2D eigenvalue weighted by atomic mass is 10.1. The molecule has 0 radical (unpaired) electrons. The van der Waals surface area contributed by atoms with Crippen molar-refractivity contribution in [1.82, 2.24) is 5.32 Å². The molecule has 0 saturated carbocycles. The third kappa shape index (κ3) is 4.36. The molecule has 6 heteroatoms. The van der Waals surface area contributed by atoms with Crippen LogP contribution in [0.15, 0.2) is 75.8 Å². The van der Waals surface area contributed by atoms with Crippen molar-refractivity contribution in [3.63, 3.8) is 0 Å². The fourth-order valence-corrected chi connectivity index (χ4v) is 2.70. The van der Waals surface area contributed by atoms with Gasteiger partial charge >= 0.3 is 0 Å². The Kier molecular flexibility index (Phi) is 5.30. The Bertz CT molecular complexity index is 874. The smallest absolute Gasteiger partial charge is 0.256 e. The molecule has 126 valence electrons. The second kappa shape index (κ2) is 7.81. The number of hydrogen-bond donors (Lipinski definition) is 2. The number of hydrogen-bond acceptors (Lipinski definition) is 3. The number of nitrogens with one attached hydrogen (secondary N) is 2. The summed E-state index contributed by atoms with van der Waals surface area (Å²) in [6, 6.07) is 17.4. The van der Waals surface area contributed by atoms with Crippen LogP contribution in [0.25, 0.3) is 0 Å². The van der Waals surface area contributed by atoms with E-state index in [0.29, 0.717) is 29.1 Å². The van der Waals surface area contributed by atoms with Gasteiger partial charge in [0.2, 0.25) is 0 Å². The first-order valence-corrected chi connectivity index (χ1v) is 8.39. The largest absolute Gasteiger partial charge is 0.467 e. The van der Waals surface area contributed by atoms with Gasteiger partial charge < -0.3 is 15.1 Å². The average molecular weight is 399 g/mol. The van der Waals surface area contributed by atoms with Gasteiger partial charge in [-0.3, -0.25) is 9.59 Å². The summed E-state index contributed by atoms with van der Waals surface area (Å²) in [5, 5.41) is 5.57. The Morgan fingerprint density at radius 3 is 2.36 bits per heavy atom. The molecule has 2 N–H and O–H groups in total. The van der Waals surface area contributed by atoms with Gasteiger partial charge in [-0.25, -0.2) is 0 Å². The summed E-state index contributed by atoms with van der Waals surface area (Å²) >= 11 is 3.35. The second-order valence-electron chi connectivity index (χ2n) is 5.27. The van der Waals surface area contributed by atoms with Crippen molar-refractivity contribution in [3.8, 4) is 0 Å². The van der Waals surface area contributed by atoms with Gasteiger partial charge in [-0.2, -0.15) is 0 Å². The predicted molar refractivity (Wildman–Crippen MR) is 98.4 cm³/mol. The molecule has 1 heterocycles. The summed E-state index contributed by atoms with van der Waals surface area (Å²) in [5.41, 5.74) is 1.66. The average Bonchev–Trinajstić information content (AvgIpc) is 3.14. The molecule has 0 atom stereocenters. The molecule has 3 aromatic rings. The van der Waals surface area contributed by atoms with Gasteiger partial charge in [-0.05, 0) is 64.5 Å². The summed E-state index contributed by atoms with van der Waals surface area (Å²) in [7, 11) is 0. The maximum atomic E-state index is 12.3. The van der Waals surface area contributed by atoms with Crippen molar-refractivity contribution < 1.29 is 14.0 Å². The second-order valence-corrected chi connectivity index (χ2v) is 6.13. The molecule has 3 rings (SSSR count). The standard InChI is InChI=1S/C19H15BrN2O3/c20-17-6-2-1-5-16(17)19(24)22-14-9-7-13(8-10-14)18(23)21-12-15-4-3-11-25-15/h1-11H,12H2,(H,21,23)(H,22,24). The molecule has 0 saturated heterocycles. The third-order valence-electron chi connectivity index (χ3n) is 3.53. The number of rotatable bonds is 5. The molecular formula is C19H15BrN2O3. The Morgan fingerprint density at radius 2 is 1.68 bits per heavy atom. The maximum absolute atomic E-state index is 12.3. The van der Waals surface area contributed by atoms with Crippen LogP contribution < -0.4 is 10.6 Å². The van der Waals surface area contributed by atoms with Crippen molar-refractivity contribution in [3.05, 3.63) is 88.3 Å². The summed E-state index contributed by atoms with van der Waals surface area (Å²) in [6.07, 6.45) is 1.56. The molecular weight excluding hydrogens is 384 g/mol. The van der Waals surface area contributed by atoms with Crippen LogP contribution in [0, 0.1) is 0 Å². The van der Waals surface area contributed by atoms with Crippen molar-refractivity contribution in [1.29, 1.82) is 0 Å². The molecule has 0 aliphatic carbocycles. The van der Waals surface area contributed by atoms with Gasteiger partial charge in [0.15, 0.2) is 0 Å². The maximum Gasteiger partial charge on any atom is 0.256 e. The summed E-state index contributed by atoms with van der Waals surface area (Å²) in [4.78, 5) is 24.3. The van der Waals surface area contributed by atoms with E-state index in [0.717, 1.165) is 4.47 Å². The molecule has 0 spiro atoms. The quantitative estimate of drug-likeness (QED) is 0.675. The van der Waals surface area contributed by atoms with E-state index in [9.17, 15) is 9.59 Å². The number of furan rings is 1. The van der Waals surface area contributed by atoms with Crippen molar-refractivity contribution >= 4 is 33.4 Å². The van der Waals surface area contributed by atoms with E-state index in [-0.39, 0.29) is 11.8 Å². The van der Waals surface area contributed by atoms with E-state index < -0.39 is 0 Å². The highest BCUT2D eigenvalue weighted by molar-refractivity contribution is 9.10. The first kappa shape index (κ1) is 17.0. The molecule has 0 aliphatic rings. The van der Waals surface area contributed by atoms with E-state index in [2.05, 4.69) is 26.6 Å². The van der Waals surface area contributed by atoms with Crippen LogP contribution in [0.2, 0.25) is 0 Å². The minimum Gasteiger partial charge on any atom is -0.467 e. The molecule has 25 heavy (non-hydrogen) atoms. The van der Waals surface area contributed by atoms with Crippen LogP contribution in [0.3, 0.4) is 0 Å². The number of anilines is 1. The molecule has 0 bridgehead atoms. The molecule has 0 unspecified atom stereocenters. The molecule has 1 aromatic heterocycles. The number of carbonyl (C=O) groups is 2. The summed E-state index contributed by atoms with van der Waals surface area (Å²) < 4.78 is 5.89. The van der Waals surface area contributed by atoms with Gasteiger partial charge in [-0.1, -0.05) is 12.1 Å². The van der Waals surface area contributed by atoms with Crippen LogP contribution in [-0.2, 0) is 6.54 Å². The number of benzene rings is 2. The van der Waals surface area contributed by atoms with E-state index in [1.807, 2.05) is 6.07 Å². The normalized spacial score (nSPS) is 10.3. The lowest BCUT2D eigenvalue weighted by Gasteiger charge is -2.08. The van der Waals surface area contributed by atoms with E-state index in [1.165, 1.54) is 0 Å². The van der Waals surface area contributed by atoms with Crippen LogP contribution >= 0.6 is 15.9 Å². The predicted octanol–water partition coefficient (Wildman–Crippen LogP) is 4.22. The van der Waals surface area contributed by atoms with Gasteiger partial charge in [0, 0.05) is 15.7 Å². The van der Waals surface area contributed by atoms with Crippen molar-refractivity contribution in [2.24, 2.45) is 0 Å². The highest BCUT2D eigenvalue weighted by Crippen LogP contribution is 2.18. The lowest BCUT2D eigenvalue weighted by Crippen LogP contribution is -2.22. The monoisotopic (exact) mass is 398 g/mol. The molecule has 5 nitrogen and oxygen atoms in total. The fraction of sp³-hybridized carbons (Fsp3) is 0.0526. The zero-order chi connectivity index (χ0) is 17.6. The first-order valence-electron chi connectivity index (χ1n) is 7.60. The van der Waals surface area contributed by atoms with E-state index >= 15 is 0 Å². The number of amides is 2. The summed E-state index contributed by atoms with van der Waals surface area (Å²) in [6.45, 7) is 0.326. The van der Waals surface area contributed by atoms with Crippen LogP contribution in [0.1, 0.15) is 26.5 Å². The SMILES string of the molecule is O=C(NCc1ccco1)c1ccc(NC(=O)c2ccccc2Br)cc1.